The number of methoxy groups -OCH3 is 1. The van der Waals surface area contributed by atoms with E-state index in [1.165, 1.54) is 16.4 Å². The van der Waals surface area contributed by atoms with Gasteiger partial charge in [-0.1, -0.05) is 23.4 Å². The number of rotatable bonds is 3. The summed E-state index contributed by atoms with van der Waals surface area (Å²) in [4.78, 5) is 13.9. The second kappa shape index (κ2) is 6.12. The van der Waals surface area contributed by atoms with Crippen LogP contribution in [0.1, 0.15) is 20.8 Å². The summed E-state index contributed by atoms with van der Waals surface area (Å²) in [7, 11) is 1.62. The lowest BCUT2D eigenvalue weighted by Crippen LogP contribution is -2.36. The van der Waals surface area contributed by atoms with Gasteiger partial charge in [-0.15, -0.1) is 0 Å². The summed E-state index contributed by atoms with van der Waals surface area (Å²) >= 11 is 7.60. The first-order chi connectivity index (χ1) is 9.82. The summed E-state index contributed by atoms with van der Waals surface area (Å²) in [6, 6.07) is 7.55. The van der Waals surface area contributed by atoms with Crippen LogP contribution in [0.15, 0.2) is 45.0 Å². The number of nitrogens with zero attached hydrogens (tertiary/aromatic N) is 2. The summed E-state index contributed by atoms with van der Waals surface area (Å²) in [6.07, 6.45) is 1.63. The molecule has 1 aromatic carbocycles. The number of halogens is 1. The molecule has 0 aliphatic heterocycles. The number of benzene rings is 1. The number of ether oxygens (including phenoxy) is 1. The summed E-state index contributed by atoms with van der Waals surface area (Å²) in [6.45, 7) is 5.73. The van der Waals surface area contributed by atoms with E-state index in [4.69, 9.17) is 16.3 Å². The molecule has 0 aliphatic carbocycles. The molecule has 0 amide bonds. The zero-order chi connectivity index (χ0) is 15.6. The molecule has 0 spiro atoms. The van der Waals surface area contributed by atoms with Gasteiger partial charge in [0.2, 0.25) is 0 Å². The van der Waals surface area contributed by atoms with E-state index >= 15 is 0 Å². The first-order valence-corrected chi connectivity index (χ1v) is 7.62. The zero-order valence-electron chi connectivity index (χ0n) is 12.4. The maximum atomic E-state index is 12.3. The van der Waals surface area contributed by atoms with Gasteiger partial charge in [0.15, 0.2) is 0 Å². The van der Waals surface area contributed by atoms with Crippen LogP contribution >= 0.6 is 23.4 Å². The summed E-state index contributed by atoms with van der Waals surface area (Å²) in [5.74, 6) is 0.784. The molecule has 0 N–H and O–H groups in total. The van der Waals surface area contributed by atoms with Gasteiger partial charge in [0, 0.05) is 4.90 Å². The molecule has 21 heavy (non-hydrogen) atoms. The average molecular weight is 325 g/mol. The van der Waals surface area contributed by atoms with Crippen LogP contribution < -0.4 is 10.3 Å². The second-order valence-corrected chi connectivity index (χ2v) is 6.98. The van der Waals surface area contributed by atoms with Gasteiger partial charge in [0.1, 0.15) is 10.8 Å². The smallest absolute Gasteiger partial charge is 0.287 e. The van der Waals surface area contributed by atoms with Crippen molar-refractivity contribution in [1.82, 2.24) is 9.78 Å². The topological polar surface area (TPSA) is 44.1 Å². The van der Waals surface area contributed by atoms with E-state index in [-0.39, 0.29) is 10.6 Å². The maximum absolute atomic E-state index is 12.3. The van der Waals surface area contributed by atoms with Crippen LogP contribution in [0.25, 0.3) is 0 Å². The molecule has 0 radical (unpaired) electrons. The quantitative estimate of drug-likeness (QED) is 0.861. The molecule has 0 saturated heterocycles. The van der Waals surface area contributed by atoms with Crippen molar-refractivity contribution in [3.05, 3.63) is 45.8 Å². The van der Waals surface area contributed by atoms with Gasteiger partial charge < -0.3 is 4.74 Å². The molecule has 1 aromatic heterocycles. The van der Waals surface area contributed by atoms with Gasteiger partial charge in [-0.25, -0.2) is 4.68 Å². The highest BCUT2D eigenvalue weighted by molar-refractivity contribution is 7.99. The molecular formula is C15H17ClN2O2S. The Labute approximate surface area is 133 Å². The van der Waals surface area contributed by atoms with E-state index in [0.29, 0.717) is 4.90 Å². The van der Waals surface area contributed by atoms with E-state index < -0.39 is 5.54 Å². The monoisotopic (exact) mass is 324 g/mol. The van der Waals surface area contributed by atoms with Gasteiger partial charge in [-0.05, 0) is 45.0 Å². The van der Waals surface area contributed by atoms with Crippen LogP contribution in [0.3, 0.4) is 0 Å². The molecule has 112 valence electrons. The first-order valence-electron chi connectivity index (χ1n) is 6.43. The fourth-order valence-electron chi connectivity index (χ4n) is 1.74. The molecule has 0 fully saturated rings. The first kappa shape index (κ1) is 15.9. The summed E-state index contributed by atoms with van der Waals surface area (Å²) in [5, 5.41) is 4.41. The highest BCUT2D eigenvalue weighted by Gasteiger charge is 2.19. The van der Waals surface area contributed by atoms with Crippen LogP contribution in [-0.2, 0) is 5.54 Å². The minimum Gasteiger partial charge on any atom is -0.497 e. The molecule has 2 aromatic rings. The molecule has 0 atom stereocenters. The highest BCUT2D eigenvalue weighted by Crippen LogP contribution is 2.32. The molecule has 0 bridgehead atoms. The molecular weight excluding hydrogens is 308 g/mol. The molecule has 0 saturated carbocycles. The lowest BCUT2D eigenvalue weighted by atomic mass is 10.1. The van der Waals surface area contributed by atoms with Crippen molar-refractivity contribution in [3.63, 3.8) is 0 Å². The third-order valence-electron chi connectivity index (χ3n) is 2.81. The van der Waals surface area contributed by atoms with Gasteiger partial charge >= 0.3 is 0 Å². The SMILES string of the molecule is COc1ccc(Sc2cnn(C(C)(C)C)c(=O)c2Cl)cc1. The molecule has 6 heteroatoms. The van der Waals surface area contributed by atoms with Crippen LogP contribution in [0.5, 0.6) is 5.75 Å². The lowest BCUT2D eigenvalue weighted by molar-refractivity contribution is 0.336. The standard InChI is InChI=1S/C15H17ClN2O2S/c1-15(2,3)18-14(19)13(16)12(9-17-18)21-11-7-5-10(20-4)6-8-11/h5-9H,1-4H3. The largest absolute Gasteiger partial charge is 0.497 e. The molecule has 0 unspecified atom stereocenters. The Balaban J connectivity index is 2.33. The number of aromatic nitrogens is 2. The summed E-state index contributed by atoms with van der Waals surface area (Å²) in [5.41, 5.74) is -0.674. The van der Waals surface area contributed by atoms with Crippen LogP contribution in [0.4, 0.5) is 0 Å². The van der Waals surface area contributed by atoms with Gasteiger partial charge in [-0.3, -0.25) is 4.79 Å². The van der Waals surface area contributed by atoms with Crippen LogP contribution in [-0.4, -0.2) is 16.9 Å². The normalized spacial score (nSPS) is 11.5. The Morgan fingerprint density at radius 3 is 2.38 bits per heavy atom. The van der Waals surface area contributed by atoms with E-state index in [1.54, 1.807) is 13.3 Å². The minimum atomic E-state index is -0.399. The van der Waals surface area contributed by atoms with Crippen molar-refractivity contribution in [2.24, 2.45) is 0 Å². The predicted molar refractivity (Wildman–Crippen MR) is 85.6 cm³/mol. The van der Waals surface area contributed by atoms with Crippen molar-refractivity contribution < 1.29 is 4.74 Å². The molecule has 4 nitrogen and oxygen atoms in total. The Morgan fingerprint density at radius 1 is 1.24 bits per heavy atom. The van der Waals surface area contributed by atoms with E-state index in [2.05, 4.69) is 5.10 Å². The fraction of sp³-hybridized carbons (Fsp3) is 0.333. The van der Waals surface area contributed by atoms with Crippen LogP contribution in [0.2, 0.25) is 5.02 Å². The third-order valence-corrected chi connectivity index (χ3v) is 4.32. The molecule has 1 heterocycles. The van der Waals surface area contributed by atoms with Crippen molar-refractivity contribution in [2.75, 3.05) is 7.11 Å². The average Bonchev–Trinajstić information content (AvgIpc) is 2.43. The van der Waals surface area contributed by atoms with E-state index in [1.807, 2.05) is 45.0 Å². The Morgan fingerprint density at radius 2 is 1.86 bits per heavy atom. The molecule has 0 aliphatic rings. The second-order valence-electron chi connectivity index (χ2n) is 5.49. The Kier molecular flexibility index (Phi) is 4.64. The van der Waals surface area contributed by atoms with Crippen molar-refractivity contribution in [3.8, 4) is 5.75 Å². The number of hydrogen-bond acceptors (Lipinski definition) is 4. The van der Waals surface area contributed by atoms with Gasteiger partial charge in [0.25, 0.3) is 5.56 Å². The maximum Gasteiger partial charge on any atom is 0.287 e. The zero-order valence-corrected chi connectivity index (χ0v) is 14.0. The Hall–Kier alpha value is -1.46. The van der Waals surface area contributed by atoms with Crippen molar-refractivity contribution >= 4 is 23.4 Å². The third kappa shape index (κ3) is 3.60. The Bertz CT molecular complexity index is 690. The van der Waals surface area contributed by atoms with Gasteiger partial charge in [0.05, 0.1) is 23.7 Å². The fourth-order valence-corrected chi connectivity index (χ4v) is 2.78. The van der Waals surface area contributed by atoms with Crippen molar-refractivity contribution in [2.45, 2.75) is 36.1 Å². The summed E-state index contributed by atoms with van der Waals surface area (Å²) < 4.78 is 6.51. The predicted octanol–water partition coefficient (Wildman–Crippen LogP) is 3.81. The highest BCUT2D eigenvalue weighted by atomic mass is 35.5. The minimum absolute atomic E-state index is 0.195. The lowest BCUT2D eigenvalue weighted by Gasteiger charge is -2.21. The van der Waals surface area contributed by atoms with Crippen molar-refractivity contribution in [1.29, 1.82) is 0 Å². The molecule has 2 rings (SSSR count). The van der Waals surface area contributed by atoms with Gasteiger partial charge in [-0.2, -0.15) is 5.10 Å². The number of hydrogen-bond donors (Lipinski definition) is 0. The van der Waals surface area contributed by atoms with E-state index in [9.17, 15) is 4.79 Å². The van der Waals surface area contributed by atoms with E-state index in [0.717, 1.165) is 10.6 Å². The van der Waals surface area contributed by atoms with Crippen LogP contribution in [0, 0.1) is 0 Å².